The third-order valence-electron chi connectivity index (χ3n) is 6.54. The zero-order valence-corrected chi connectivity index (χ0v) is 21.4. The van der Waals surface area contributed by atoms with Gasteiger partial charge in [-0.25, -0.2) is 9.37 Å². The lowest BCUT2D eigenvalue weighted by atomic mass is 10.0. The largest absolute Gasteiger partial charge is 0.482 e. The molecule has 0 saturated carbocycles. The SMILES string of the molecule is C=C(c1cc(-c2cnc(N)c(OC(C)c3c(C)ccc(C)c3Cl)c2)ccc1F)N1CCNC(C)C1. The van der Waals surface area contributed by atoms with Crippen molar-refractivity contribution in [1.29, 1.82) is 0 Å². The molecule has 3 aromatic rings. The number of halogens is 2. The fraction of sp³-hybridized carbons (Fsp3) is 0.321. The monoisotopic (exact) mass is 494 g/mol. The van der Waals surface area contributed by atoms with Crippen LogP contribution in [0.1, 0.15) is 42.2 Å². The zero-order valence-electron chi connectivity index (χ0n) is 20.7. The number of rotatable bonds is 6. The fourth-order valence-corrected chi connectivity index (χ4v) is 4.89. The zero-order chi connectivity index (χ0) is 25.3. The number of nitrogen functional groups attached to an aromatic ring is 1. The van der Waals surface area contributed by atoms with Gasteiger partial charge in [0, 0.05) is 54.3 Å². The molecule has 0 amide bonds. The van der Waals surface area contributed by atoms with Gasteiger partial charge in [-0.2, -0.15) is 0 Å². The maximum Gasteiger partial charge on any atom is 0.166 e. The van der Waals surface area contributed by atoms with E-state index in [1.165, 1.54) is 6.07 Å². The molecule has 1 saturated heterocycles. The van der Waals surface area contributed by atoms with E-state index in [4.69, 9.17) is 22.1 Å². The minimum atomic E-state index is -0.333. The van der Waals surface area contributed by atoms with E-state index in [9.17, 15) is 4.39 Å². The number of ether oxygens (including phenoxy) is 1. The standard InChI is InChI=1S/C28H32ClFN4O/c1-16-6-7-17(2)27(29)26(16)20(5)35-25-13-22(14-33-28(25)31)21-8-9-24(30)23(12-21)19(4)34-11-10-32-18(3)15-34/h6-9,12-14,18,20,32H,4,10-11,15H2,1-3,5H3,(H2,31,33). The van der Waals surface area contributed by atoms with Crippen molar-refractivity contribution >= 4 is 23.1 Å². The summed E-state index contributed by atoms with van der Waals surface area (Å²) in [6.07, 6.45) is 1.34. The molecule has 2 atom stereocenters. The van der Waals surface area contributed by atoms with Gasteiger partial charge in [-0.05, 0) is 62.6 Å². The number of hydrogen-bond acceptors (Lipinski definition) is 5. The minimum absolute atomic E-state index is 0.281. The molecule has 2 heterocycles. The highest BCUT2D eigenvalue weighted by Crippen LogP contribution is 2.36. The van der Waals surface area contributed by atoms with Crippen LogP contribution in [0.4, 0.5) is 10.2 Å². The van der Waals surface area contributed by atoms with Crippen LogP contribution < -0.4 is 15.8 Å². The lowest BCUT2D eigenvalue weighted by Crippen LogP contribution is -2.48. The first-order valence-corrected chi connectivity index (χ1v) is 12.2. The Bertz CT molecular complexity index is 1260. The van der Waals surface area contributed by atoms with Crippen molar-refractivity contribution in [2.45, 2.75) is 39.8 Å². The Labute approximate surface area is 211 Å². The molecule has 0 radical (unpaired) electrons. The summed E-state index contributed by atoms with van der Waals surface area (Å²) < 4.78 is 21.1. The average molecular weight is 495 g/mol. The van der Waals surface area contributed by atoms with Crippen molar-refractivity contribution in [3.05, 3.63) is 82.3 Å². The number of nitrogens with one attached hydrogen (secondary N) is 1. The number of nitrogens with zero attached hydrogens (tertiary/aromatic N) is 2. The molecule has 35 heavy (non-hydrogen) atoms. The van der Waals surface area contributed by atoms with Crippen LogP contribution in [0, 0.1) is 19.7 Å². The van der Waals surface area contributed by atoms with Gasteiger partial charge in [0.15, 0.2) is 11.6 Å². The first-order chi connectivity index (χ1) is 16.7. The lowest BCUT2D eigenvalue weighted by Gasteiger charge is -2.35. The molecule has 1 aromatic heterocycles. The Morgan fingerprint density at radius 3 is 2.71 bits per heavy atom. The molecule has 2 aromatic carbocycles. The molecule has 5 nitrogen and oxygen atoms in total. The number of aryl methyl sites for hydroxylation is 2. The van der Waals surface area contributed by atoms with Gasteiger partial charge in [-0.15, -0.1) is 0 Å². The van der Waals surface area contributed by atoms with Crippen LogP contribution in [0.25, 0.3) is 16.8 Å². The number of anilines is 1. The van der Waals surface area contributed by atoms with Crippen LogP contribution >= 0.6 is 11.6 Å². The number of benzene rings is 2. The van der Waals surface area contributed by atoms with E-state index in [1.54, 1.807) is 12.3 Å². The molecule has 1 fully saturated rings. The Morgan fingerprint density at radius 1 is 1.23 bits per heavy atom. The van der Waals surface area contributed by atoms with E-state index in [-0.39, 0.29) is 17.7 Å². The molecular formula is C28H32ClFN4O. The highest BCUT2D eigenvalue weighted by molar-refractivity contribution is 6.32. The Kier molecular flexibility index (Phi) is 7.33. The van der Waals surface area contributed by atoms with E-state index in [0.717, 1.165) is 47.5 Å². The smallest absolute Gasteiger partial charge is 0.166 e. The highest BCUT2D eigenvalue weighted by atomic mass is 35.5. The normalized spacial score (nSPS) is 16.7. The maximum atomic E-state index is 14.8. The fourth-order valence-electron chi connectivity index (χ4n) is 4.53. The van der Waals surface area contributed by atoms with Crippen LogP contribution in [0.3, 0.4) is 0 Å². The molecule has 3 N–H and O–H groups in total. The molecule has 184 valence electrons. The quantitative estimate of drug-likeness (QED) is 0.430. The summed E-state index contributed by atoms with van der Waals surface area (Å²) in [5.41, 5.74) is 11.8. The van der Waals surface area contributed by atoms with Crippen molar-refractivity contribution in [3.8, 4) is 16.9 Å². The van der Waals surface area contributed by atoms with Crippen LogP contribution in [0.15, 0.2) is 49.2 Å². The predicted molar refractivity (Wildman–Crippen MR) is 142 cm³/mol. The second-order valence-electron chi connectivity index (χ2n) is 9.24. The molecule has 1 aliphatic heterocycles. The summed E-state index contributed by atoms with van der Waals surface area (Å²) in [5.74, 6) is 0.430. The highest BCUT2D eigenvalue weighted by Gasteiger charge is 2.21. The molecule has 0 spiro atoms. The van der Waals surface area contributed by atoms with Gasteiger partial charge in [0.25, 0.3) is 0 Å². The maximum absolute atomic E-state index is 14.8. The Hall–Kier alpha value is -3.09. The molecule has 0 bridgehead atoms. The molecule has 2 unspecified atom stereocenters. The van der Waals surface area contributed by atoms with Gasteiger partial charge in [0.2, 0.25) is 0 Å². The topological polar surface area (TPSA) is 63.4 Å². The van der Waals surface area contributed by atoms with Crippen LogP contribution in [0.5, 0.6) is 5.75 Å². The summed E-state index contributed by atoms with van der Waals surface area (Å²) in [7, 11) is 0. The first-order valence-electron chi connectivity index (χ1n) is 11.8. The number of piperazine rings is 1. The van der Waals surface area contributed by atoms with Crippen LogP contribution in [-0.2, 0) is 0 Å². The van der Waals surface area contributed by atoms with Crippen molar-refractivity contribution in [2.24, 2.45) is 0 Å². The summed E-state index contributed by atoms with van der Waals surface area (Å²) in [4.78, 5) is 6.47. The number of pyridine rings is 1. The average Bonchev–Trinajstić information content (AvgIpc) is 2.83. The summed E-state index contributed by atoms with van der Waals surface area (Å²) in [5, 5.41) is 4.08. The Morgan fingerprint density at radius 2 is 1.97 bits per heavy atom. The van der Waals surface area contributed by atoms with Gasteiger partial charge in [0.1, 0.15) is 11.9 Å². The van der Waals surface area contributed by atoms with Crippen LogP contribution in [-0.4, -0.2) is 35.6 Å². The Balaban J connectivity index is 1.63. The number of aromatic nitrogens is 1. The second kappa shape index (κ2) is 10.3. The lowest BCUT2D eigenvalue weighted by molar-refractivity contribution is 0.227. The van der Waals surface area contributed by atoms with Crippen LogP contribution in [0.2, 0.25) is 5.02 Å². The van der Waals surface area contributed by atoms with Gasteiger partial charge < -0.3 is 20.7 Å². The molecule has 1 aliphatic rings. The summed E-state index contributed by atoms with van der Waals surface area (Å²) in [6.45, 7) is 14.6. The number of nitrogens with two attached hydrogens (primary N) is 1. The van der Waals surface area contributed by atoms with Gasteiger partial charge in [0.05, 0.1) is 5.02 Å². The van der Waals surface area contributed by atoms with Crippen molar-refractivity contribution < 1.29 is 9.13 Å². The van der Waals surface area contributed by atoms with Crippen molar-refractivity contribution in [2.75, 3.05) is 25.4 Å². The molecule has 4 rings (SSSR count). The molecular weight excluding hydrogens is 463 g/mol. The van der Waals surface area contributed by atoms with Crippen molar-refractivity contribution in [1.82, 2.24) is 15.2 Å². The van der Waals surface area contributed by atoms with Gasteiger partial charge in [-0.1, -0.05) is 36.4 Å². The van der Waals surface area contributed by atoms with E-state index >= 15 is 0 Å². The summed E-state index contributed by atoms with van der Waals surface area (Å²) in [6, 6.07) is 11.2. The molecule has 7 heteroatoms. The first kappa shape index (κ1) is 25.0. The third-order valence-corrected chi connectivity index (χ3v) is 7.05. The number of hydrogen-bond donors (Lipinski definition) is 2. The van der Waals surface area contributed by atoms with Gasteiger partial charge in [-0.3, -0.25) is 0 Å². The minimum Gasteiger partial charge on any atom is -0.482 e. The molecule has 0 aliphatic carbocycles. The van der Waals surface area contributed by atoms with E-state index < -0.39 is 0 Å². The second-order valence-corrected chi connectivity index (χ2v) is 9.61. The van der Waals surface area contributed by atoms with Crippen molar-refractivity contribution in [3.63, 3.8) is 0 Å². The third kappa shape index (κ3) is 5.29. The van der Waals surface area contributed by atoms with E-state index in [1.807, 2.05) is 45.0 Å². The van der Waals surface area contributed by atoms with Gasteiger partial charge >= 0.3 is 0 Å². The van der Waals surface area contributed by atoms with E-state index in [0.29, 0.717) is 28.1 Å². The summed E-state index contributed by atoms with van der Waals surface area (Å²) >= 11 is 6.58. The predicted octanol–water partition coefficient (Wildman–Crippen LogP) is 6.14. The van der Waals surface area contributed by atoms with E-state index in [2.05, 4.69) is 28.7 Å².